The van der Waals surface area contributed by atoms with Crippen LogP contribution in [0.4, 0.5) is 8.78 Å². The van der Waals surface area contributed by atoms with Gasteiger partial charge >= 0.3 is 0 Å². The molecule has 2 rings (SSSR count). The fourth-order valence-corrected chi connectivity index (χ4v) is 2.63. The molecule has 0 aliphatic heterocycles. The molecule has 100 valence electrons. The van der Waals surface area contributed by atoms with E-state index in [0.29, 0.717) is 23.8 Å². The summed E-state index contributed by atoms with van der Waals surface area (Å²) in [5.41, 5.74) is 0.481. The molecule has 0 heterocycles. The summed E-state index contributed by atoms with van der Waals surface area (Å²) in [6.45, 7) is 4.35. The lowest BCUT2D eigenvalue weighted by molar-refractivity contribution is 0.246. The zero-order chi connectivity index (χ0) is 13.1. The van der Waals surface area contributed by atoms with Gasteiger partial charge in [-0.25, -0.2) is 8.78 Å². The smallest absolute Gasteiger partial charge is 0.133 e. The monoisotopic (exact) mass is 254 g/mol. The number of halogens is 2. The van der Waals surface area contributed by atoms with Gasteiger partial charge in [-0.1, -0.05) is 26.7 Å². The van der Waals surface area contributed by atoms with Gasteiger partial charge in [0.25, 0.3) is 0 Å². The van der Waals surface area contributed by atoms with E-state index in [9.17, 15) is 8.78 Å². The van der Waals surface area contributed by atoms with Crippen molar-refractivity contribution in [1.29, 1.82) is 0 Å². The molecule has 1 aliphatic rings. The molecule has 1 aromatic carbocycles. The van der Waals surface area contributed by atoms with Gasteiger partial charge in [-0.05, 0) is 24.7 Å². The molecular formula is C15H20F2O. The zero-order valence-corrected chi connectivity index (χ0v) is 11.0. The van der Waals surface area contributed by atoms with Crippen LogP contribution in [-0.4, -0.2) is 6.61 Å². The van der Waals surface area contributed by atoms with Crippen LogP contribution in [0.3, 0.4) is 0 Å². The number of hydrogen-bond donors (Lipinski definition) is 0. The maximum absolute atomic E-state index is 13.7. The average Bonchev–Trinajstić information content (AvgIpc) is 2.77. The topological polar surface area (TPSA) is 9.23 Å². The Hall–Kier alpha value is -1.12. The Kier molecular flexibility index (Phi) is 4.20. The fourth-order valence-electron chi connectivity index (χ4n) is 2.63. The molecule has 3 heteroatoms. The van der Waals surface area contributed by atoms with E-state index in [1.165, 1.54) is 18.9 Å². The van der Waals surface area contributed by atoms with Crippen LogP contribution in [0.1, 0.15) is 51.0 Å². The van der Waals surface area contributed by atoms with E-state index in [1.807, 2.05) is 13.8 Å². The summed E-state index contributed by atoms with van der Waals surface area (Å²) in [5, 5.41) is 0. The van der Waals surface area contributed by atoms with Gasteiger partial charge in [0.15, 0.2) is 0 Å². The Morgan fingerprint density at radius 1 is 1.22 bits per heavy atom. The second kappa shape index (κ2) is 5.68. The molecular weight excluding hydrogens is 234 g/mol. The largest absolute Gasteiger partial charge is 0.493 e. The van der Waals surface area contributed by atoms with Crippen LogP contribution < -0.4 is 4.74 Å². The second-order valence-electron chi connectivity index (χ2n) is 5.42. The van der Waals surface area contributed by atoms with Crippen molar-refractivity contribution in [3.05, 3.63) is 29.3 Å². The van der Waals surface area contributed by atoms with E-state index in [-0.39, 0.29) is 5.92 Å². The summed E-state index contributed by atoms with van der Waals surface area (Å²) in [5.74, 6) is -0.181. The minimum absolute atomic E-state index is 0.0100. The van der Waals surface area contributed by atoms with Gasteiger partial charge in [-0.3, -0.25) is 0 Å². The van der Waals surface area contributed by atoms with E-state index >= 15 is 0 Å². The van der Waals surface area contributed by atoms with Gasteiger partial charge in [0.05, 0.1) is 6.61 Å². The Balaban J connectivity index is 2.14. The number of rotatable bonds is 4. The average molecular weight is 254 g/mol. The molecule has 0 aromatic heterocycles. The maximum Gasteiger partial charge on any atom is 0.133 e. The molecule has 1 aliphatic carbocycles. The van der Waals surface area contributed by atoms with Crippen molar-refractivity contribution in [3.8, 4) is 5.75 Å². The first-order valence-corrected chi connectivity index (χ1v) is 6.69. The lowest BCUT2D eigenvalue weighted by atomic mass is 10.0. The van der Waals surface area contributed by atoms with E-state index in [4.69, 9.17) is 4.74 Å². The fraction of sp³-hybridized carbons (Fsp3) is 0.600. The van der Waals surface area contributed by atoms with Crippen molar-refractivity contribution in [1.82, 2.24) is 0 Å². The SMILES string of the molecule is CC(C)c1c(F)cc(F)cc1OCC1CCCC1. The van der Waals surface area contributed by atoms with Gasteiger partial charge in [-0.2, -0.15) is 0 Å². The first-order chi connectivity index (χ1) is 8.58. The predicted octanol–water partition coefficient (Wildman–Crippen LogP) is 4.66. The van der Waals surface area contributed by atoms with Crippen molar-refractivity contribution >= 4 is 0 Å². The van der Waals surface area contributed by atoms with E-state index in [1.54, 1.807) is 0 Å². The Morgan fingerprint density at radius 3 is 2.50 bits per heavy atom. The lowest BCUT2D eigenvalue weighted by Gasteiger charge is -2.17. The maximum atomic E-state index is 13.7. The number of benzene rings is 1. The minimum Gasteiger partial charge on any atom is -0.493 e. The first kappa shape index (κ1) is 13.3. The Labute approximate surface area is 107 Å². The highest BCUT2D eigenvalue weighted by Crippen LogP contribution is 2.32. The van der Waals surface area contributed by atoms with Crippen LogP contribution in [0.15, 0.2) is 12.1 Å². The summed E-state index contributed by atoms with van der Waals surface area (Å²) in [6, 6.07) is 2.23. The molecule has 0 spiro atoms. The molecule has 0 unspecified atom stereocenters. The van der Waals surface area contributed by atoms with Crippen LogP contribution in [0.2, 0.25) is 0 Å². The second-order valence-corrected chi connectivity index (χ2v) is 5.42. The minimum atomic E-state index is -0.571. The van der Waals surface area contributed by atoms with Crippen LogP contribution in [0.5, 0.6) is 5.75 Å². The van der Waals surface area contributed by atoms with Crippen molar-refractivity contribution in [2.24, 2.45) is 5.92 Å². The third-order valence-electron chi connectivity index (χ3n) is 3.58. The van der Waals surface area contributed by atoms with Crippen LogP contribution >= 0.6 is 0 Å². The van der Waals surface area contributed by atoms with Crippen molar-refractivity contribution in [2.45, 2.75) is 45.4 Å². The molecule has 1 aromatic rings. The van der Waals surface area contributed by atoms with E-state index in [2.05, 4.69) is 0 Å². The first-order valence-electron chi connectivity index (χ1n) is 6.69. The molecule has 0 bridgehead atoms. The third kappa shape index (κ3) is 3.01. The highest BCUT2D eigenvalue weighted by Gasteiger charge is 2.19. The van der Waals surface area contributed by atoms with E-state index in [0.717, 1.165) is 18.9 Å². The quantitative estimate of drug-likeness (QED) is 0.759. The van der Waals surface area contributed by atoms with Crippen molar-refractivity contribution in [2.75, 3.05) is 6.61 Å². The van der Waals surface area contributed by atoms with Crippen molar-refractivity contribution in [3.63, 3.8) is 0 Å². The molecule has 0 radical (unpaired) electrons. The van der Waals surface area contributed by atoms with Crippen LogP contribution in [-0.2, 0) is 0 Å². The number of ether oxygens (including phenoxy) is 1. The highest BCUT2D eigenvalue weighted by atomic mass is 19.1. The predicted molar refractivity (Wildman–Crippen MR) is 67.9 cm³/mol. The van der Waals surface area contributed by atoms with Gasteiger partial charge in [0.1, 0.15) is 17.4 Å². The summed E-state index contributed by atoms with van der Waals surface area (Å²) in [4.78, 5) is 0. The molecule has 1 saturated carbocycles. The normalized spacial score (nSPS) is 16.5. The van der Waals surface area contributed by atoms with Gasteiger partial charge in [0, 0.05) is 17.7 Å². The van der Waals surface area contributed by atoms with Gasteiger partial charge in [-0.15, -0.1) is 0 Å². The molecule has 1 nitrogen and oxygen atoms in total. The van der Waals surface area contributed by atoms with E-state index < -0.39 is 11.6 Å². The molecule has 0 amide bonds. The van der Waals surface area contributed by atoms with Gasteiger partial charge < -0.3 is 4.74 Å². The summed E-state index contributed by atoms with van der Waals surface area (Å²) >= 11 is 0. The summed E-state index contributed by atoms with van der Waals surface area (Å²) in [6.07, 6.45) is 4.80. The molecule has 1 fully saturated rings. The Morgan fingerprint density at radius 2 is 1.89 bits per heavy atom. The van der Waals surface area contributed by atoms with Crippen LogP contribution in [0.25, 0.3) is 0 Å². The Bertz CT molecular complexity index is 409. The lowest BCUT2D eigenvalue weighted by Crippen LogP contribution is -2.10. The molecule has 0 N–H and O–H groups in total. The summed E-state index contributed by atoms with van der Waals surface area (Å²) < 4.78 is 32.7. The molecule has 0 atom stereocenters. The third-order valence-corrected chi connectivity index (χ3v) is 3.58. The molecule has 18 heavy (non-hydrogen) atoms. The van der Waals surface area contributed by atoms with Gasteiger partial charge in [0.2, 0.25) is 0 Å². The number of hydrogen-bond acceptors (Lipinski definition) is 1. The highest BCUT2D eigenvalue weighted by molar-refractivity contribution is 5.37. The zero-order valence-electron chi connectivity index (χ0n) is 11.0. The standard InChI is InChI=1S/C15H20F2O/c1-10(2)15-13(17)7-12(16)8-14(15)18-9-11-5-3-4-6-11/h7-8,10-11H,3-6,9H2,1-2H3. The van der Waals surface area contributed by atoms with Crippen molar-refractivity contribution < 1.29 is 13.5 Å². The molecule has 0 saturated heterocycles. The van der Waals surface area contributed by atoms with Crippen LogP contribution in [0, 0.1) is 17.6 Å². The summed E-state index contributed by atoms with van der Waals surface area (Å²) in [7, 11) is 0.